The van der Waals surface area contributed by atoms with E-state index in [1.165, 1.54) is 38.9 Å². The Bertz CT molecular complexity index is 2590. The van der Waals surface area contributed by atoms with Crippen LogP contribution in [0, 0.1) is 0 Å². The van der Waals surface area contributed by atoms with Gasteiger partial charge in [-0.3, -0.25) is 0 Å². The van der Waals surface area contributed by atoms with Crippen LogP contribution in [0.2, 0.25) is 0 Å². The van der Waals surface area contributed by atoms with Crippen molar-refractivity contribution in [2.75, 3.05) is 4.90 Å². The highest BCUT2D eigenvalue weighted by atomic mass is 16.3. The van der Waals surface area contributed by atoms with E-state index in [2.05, 4.69) is 181 Å². The average molecular weight is 668 g/mol. The van der Waals surface area contributed by atoms with Gasteiger partial charge in [0.2, 0.25) is 0 Å². The Morgan fingerprint density at radius 1 is 0.538 bits per heavy atom. The number of fused-ring (bicyclic) bond motifs is 6. The summed E-state index contributed by atoms with van der Waals surface area (Å²) < 4.78 is 6.23. The first-order chi connectivity index (χ1) is 25.7. The van der Waals surface area contributed by atoms with Gasteiger partial charge in [-0.1, -0.05) is 152 Å². The molecule has 0 atom stereocenters. The summed E-state index contributed by atoms with van der Waals surface area (Å²) in [5.41, 5.74) is 14.0. The highest BCUT2D eigenvalue weighted by Gasteiger charge is 2.45. The molecule has 0 saturated heterocycles. The Balaban J connectivity index is 1.21. The van der Waals surface area contributed by atoms with Crippen LogP contribution in [0.25, 0.3) is 44.2 Å². The maximum absolute atomic E-state index is 6.23. The molecule has 0 unspecified atom stereocenters. The minimum atomic E-state index is -0.541. The van der Waals surface area contributed by atoms with Crippen molar-refractivity contribution in [2.45, 2.75) is 12.3 Å². The lowest BCUT2D eigenvalue weighted by atomic mass is 9.67. The molecule has 0 aliphatic heterocycles. The van der Waals surface area contributed by atoms with Crippen molar-refractivity contribution in [1.82, 2.24) is 0 Å². The predicted octanol–water partition coefficient (Wildman–Crippen LogP) is 13.7. The van der Waals surface area contributed by atoms with E-state index in [9.17, 15) is 0 Å². The van der Waals surface area contributed by atoms with Crippen LogP contribution in [-0.2, 0) is 5.41 Å². The van der Waals surface area contributed by atoms with Gasteiger partial charge in [0, 0.05) is 27.8 Å². The van der Waals surface area contributed by atoms with Crippen molar-refractivity contribution in [2.24, 2.45) is 0 Å². The Hall–Kier alpha value is -6.64. The average Bonchev–Trinajstić information content (AvgIpc) is 3.73. The number of para-hydroxylation sites is 1. The third-order valence-electron chi connectivity index (χ3n) is 10.4. The smallest absolute Gasteiger partial charge is 0.135 e. The topological polar surface area (TPSA) is 16.4 Å². The van der Waals surface area contributed by atoms with Crippen LogP contribution in [0.1, 0.15) is 23.6 Å². The maximum atomic E-state index is 6.23. The van der Waals surface area contributed by atoms with Crippen LogP contribution < -0.4 is 4.90 Å². The molecule has 0 spiro atoms. The molecule has 1 aromatic heterocycles. The highest BCUT2D eigenvalue weighted by molar-refractivity contribution is 6.06. The van der Waals surface area contributed by atoms with Gasteiger partial charge in [-0.05, 0) is 100.0 Å². The van der Waals surface area contributed by atoms with Crippen LogP contribution in [0.4, 0.5) is 17.1 Å². The monoisotopic (exact) mass is 667 g/mol. The van der Waals surface area contributed by atoms with E-state index < -0.39 is 5.41 Å². The first-order valence-corrected chi connectivity index (χ1v) is 17.8. The van der Waals surface area contributed by atoms with Crippen molar-refractivity contribution in [3.8, 4) is 22.3 Å². The second-order valence-electron chi connectivity index (χ2n) is 13.3. The largest absolute Gasteiger partial charge is 0.456 e. The van der Waals surface area contributed by atoms with E-state index in [0.717, 1.165) is 44.6 Å². The van der Waals surface area contributed by atoms with Gasteiger partial charge in [0.15, 0.2) is 0 Å². The minimum absolute atomic E-state index is 0.541. The van der Waals surface area contributed by atoms with Gasteiger partial charge < -0.3 is 9.32 Å². The summed E-state index contributed by atoms with van der Waals surface area (Å²) in [7, 11) is 0. The first kappa shape index (κ1) is 31.3. The Kier molecular flexibility index (Phi) is 7.79. The van der Waals surface area contributed by atoms with Gasteiger partial charge in [-0.15, -0.1) is 0 Å². The van der Waals surface area contributed by atoms with Crippen molar-refractivity contribution in [3.05, 3.63) is 223 Å². The first-order valence-electron chi connectivity index (χ1n) is 17.8. The number of nitrogens with zero attached hydrogens (tertiary/aromatic N) is 1. The van der Waals surface area contributed by atoms with Gasteiger partial charge in [-0.25, -0.2) is 0 Å². The molecule has 1 aliphatic carbocycles. The number of furan rings is 1. The molecule has 0 bridgehead atoms. The molecule has 248 valence electrons. The lowest BCUT2D eigenvalue weighted by Gasteiger charge is -2.34. The fraction of sp³-hybridized carbons (Fsp3) is 0.0400. The van der Waals surface area contributed by atoms with Crippen molar-refractivity contribution < 1.29 is 4.42 Å². The maximum Gasteiger partial charge on any atom is 0.135 e. The lowest BCUT2D eigenvalue weighted by molar-refractivity contribution is 0.669. The molecule has 0 N–H and O–H groups in total. The third-order valence-corrected chi connectivity index (χ3v) is 10.4. The van der Waals surface area contributed by atoms with Crippen molar-refractivity contribution in [1.29, 1.82) is 0 Å². The van der Waals surface area contributed by atoms with E-state index in [4.69, 9.17) is 11.0 Å². The second kappa shape index (κ2) is 12.9. The zero-order chi connectivity index (χ0) is 35.1. The van der Waals surface area contributed by atoms with Crippen LogP contribution in [0.5, 0.6) is 0 Å². The van der Waals surface area contributed by atoms with Crippen LogP contribution in [-0.4, -0.2) is 0 Å². The molecule has 2 heteroatoms. The molecule has 9 rings (SSSR count). The molecule has 0 amide bonds. The summed E-state index contributed by atoms with van der Waals surface area (Å²) >= 11 is 0. The van der Waals surface area contributed by atoms with Gasteiger partial charge in [0.1, 0.15) is 11.2 Å². The van der Waals surface area contributed by atoms with Crippen LogP contribution in [0.3, 0.4) is 0 Å². The zero-order valence-corrected chi connectivity index (χ0v) is 29.0. The van der Waals surface area contributed by atoms with E-state index >= 15 is 0 Å². The number of hydrogen-bond acceptors (Lipinski definition) is 2. The van der Waals surface area contributed by atoms with Gasteiger partial charge in [0.25, 0.3) is 0 Å². The normalized spacial score (nSPS) is 13.2. The van der Waals surface area contributed by atoms with E-state index in [1.807, 2.05) is 25.1 Å². The summed E-state index contributed by atoms with van der Waals surface area (Å²) in [5, 5.41) is 2.21. The Labute approximate surface area is 304 Å². The van der Waals surface area contributed by atoms with Gasteiger partial charge in [-0.2, -0.15) is 0 Å². The fourth-order valence-corrected chi connectivity index (χ4v) is 8.08. The minimum Gasteiger partial charge on any atom is -0.456 e. The number of rotatable bonds is 8. The highest BCUT2D eigenvalue weighted by Crippen LogP contribution is 2.56. The van der Waals surface area contributed by atoms with E-state index in [-0.39, 0.29) is 0 Å². The molecule has 0 radical (unpaired) electrons. The molecule has 1 aliphatic rings. The summed E-state index contributed by atoms with van der Waals surface area (Å²) in [6.45, 7) is 6.79. The van der Waals surface area contributed by atoms with Gasteiger partial charge >= 0.3 is 0 Å². The number of hydrogen-bond donors (Lipinski definition) is 0. The quantitative estimate of drug-likeness (QED) is 0.150. The molecule has 52 heavy (non-hydrogen) atoms. The molecule has 8 aromatic rings. The predicted molar refractivity (Wildman–Crippen MR) is 219 cm³/mol. The van der Waals surface area contributed by atoms with Crippen LogP contribution in [0.15, 0.2) is 211 Å². The Morgan fingerprint density at radius 2 is 1.10 bits per heavy atom. The van der Waals surface area contributed by atoms with Crippen LogP contribution >= 0.6 is 0 Å². The molecule has 0 saturated carbocycles. The number of allylic oxidation sites excluding steroid dienone is 5. The lowest BCUT2D eigenvalue weighted by Crippen LogP contribution is -2.28. The standard InChI is InChI=1S/C50H37NO/c1-3-4-6-15-35(2)50(46-21-12-9-18-42(46)43-19-10-13-22-47(43)50)38-26-30-40(31-27-38)51(39-28-24-37(25-29-39)36-16-7-5-8-17-36)41-32-33-49-45(34-41)44-20-11-14-23-48(44)52-49/h3-34H,2H2,1H3/b4-3-,15-6-. The molecular weight excluding hydrogens is 631 g/mol. The molecule has 2 nitrogen and oxygen atoms in total. The van der Waals surface area contributed by atoms with E-state index in [1.54, 1.807) is 0 Å². The van der Waals surface area contributed by atoms with Crippen molar-refractivity contribution in [3.63, 3.8) is 0 Å². The van der Waals surface area contributed by atoms with Gasteiger partial charge in [0.05, 0.1) is 5.41 Å². The molecule has 0 fully saturated rings. The van der Waals surface area contributed by atoms with Crippen molar-refractivity contribution >= 4 is 39.0 Å². The summed E-state index contributed by atoms with van der Waals surface area (Å²) in [6.07, 6.45) is 8.37. The third kappa shape index (κ3) is 5.03. The SMILES string of the molecule is C=C(/C=C\C=C/C)C1(c2ccc(N(c3ccc(-c4ccccc4)cc3)c3ccc4oc5ccccc5c4c3)cc2)c2ccccc2-c2ccccc21. The molecule has 1 heterocycles. The molecular formula is C50H37NO. The zero-order valence-electron chi connectivity index (χ0n) is 29.0. The summed E-state index contributed by atoms with van der Waals surface area (Å²) in [4.78, 5) is 2.34. The second-order valence-corrected chi connectivity index (χ2v) is 13.3. The fourth-order valence-electron chi connectivity index (χ4n) is 8.08. The Morgan fingerprint density at radius 3 is 1.79 bits per heavy atom. The van der Waals surface area contributed by atoms with E-state index in [0.29, 0.717) is 0 Å². The molecule has 7 aromatic carbocycles. The number of benzene rings is 7. The summed E-state index contributed by atoms with van der Waals surface area (Å²) in [6, 6.07) is 60.8. The number of anilines is 3. The summed E-state index contributed by atoms with van der Waals surface area (Å²) in [5.74, 6) is 0.